The number of amides is 1. The number of carbonyl (C=O) groups excluding carboxylic acids is 1. The maximum absolute atomic E-state index is 12.5. The number of hydrogen-bond donors (Lipinski definition) is 1. The number of hydrogen-bond acceptors (Lipinski definition) is 3. The largest absolute Gasteiger partial charge is 0.384 e. The average molecular weight is 255 g/mol. The Hall–Kier alpha value is -2.10. The molecule has 3 rings (SSSR count). The molecule has 1 saturated carbocycles. The molecule has 1 fully saturated rings. The Morgan fingerprint density at radius 3 is 2.89 bits per heavy atom. The maximum Gasteiger partial charge on any atom is 0.254 e. The van der Waals surface area contributed by atoms with Crippen LogP contribution in [0.25, 0.3) is 10.9 Å². The van der Waals surface area contributed by atoms with Crippen molar-refractivity contribution in [1.29, 1.82) is 0 Å². The molecule has 1 aromatic heterocycles. The molecule has 0 spiro atoms. The number of para-hydroxylation sites is 1. The summed E-state index contributed by atoms with van der Waals surface area (Å²) in [5.74, 6) is 1.10. The summed E-state index contributed by atoms with van der Waals surface area (Å²) in [5.41, 5.74) is 7.21. The summed E-state index contributed by atoms with van der Waals surface area (Å²) < 4.78 is 0. The second kappa shape index (κ2) is 4.53. The van der Waals surface area contributed by atoms with Gasteiger partial charge >= 0.3 is 0 Å². The van der Waals surface area contributed by atoms with Gasteiger partial charge in [-0.2, -0.15) is 0 Å². The lowest BCUT2D eigenvalue weighted by atomic mass is 10.1. The van der Waals surface area contributed by atoms with Gasteiger partial charge in [-0.15, -0.1) is 0 Å². The highest BCUT2D eigenvalue weighted by atomic mass is 16.2. The normalized spacial score (nSPS) is 14.6. The van der Waals surface area contributed by atoms with E-state index in [0.717, 1.165) is 17.4 Å². The molecule has 1 aliphatic carbocycles. The van der Waals surface area contributed by atoms with Gasteiger partial charge in [0.1, 0.15) is 5.82 Å². The molecule has 1 heterocycles. The monoisotopic (exact) mass is 255 g/mol. The minimum Gasteiger partial charge on any atom is -0.384 e. The lowest BCUT2D eigenvalue weighted by Crippen LogP contribution is -2.29. The number of carbonyl (C=O) groups is 1. The maximum atomic E-state index is 12.5. The van der Waals surface area contributed by atoms with E-state index in [4.69, 9.17) is 5.73 Å². The molecule has 0 saturated heterocycles. The van der Waals surface area contributed by atoms with E-state index in [1.165, 1.54) is 12.8 Å². The molecule has 0 atom stereocenters. The van der Waals surface area contributed by atoms with E-state index < -0.39 is 0 Å². The molecule has 1 amide bonds. The van der Waals surface area contributed by atoms with Crippen molar-refractivity contribution >= 4 is 22.6 Å². The predicted molar refractivity (Wildman–Crippen MR) is 75.8 cm³/mol. The number of aromatic nitrogens is 1. The van der Waals surface area contributed by atoms with Gasteiger partial charge in [-0.1, -0.05) is 18.2 Å². The number of nitrogens with two attached hydrogens (primary N) is 1. The van der Waals surface area contributed by atoms with Crippen LogP contribution in [0, 0.1) is 5.92 Å². The van der Waals surface area contributed by atoms with Gasteiger partial charge in [-0.3, -0.25) is 4.79 Å². The van der Waals surface area contributed by atoms with Gasteiger partial charge in [0, 0.05) is 19.0 Å². The lowest BCUT2D eigenvalue weighted by Gasteiger charge is -2.18. The second-order valence-electron chi connectivity index (χ2n) is 5.24. The molecule has 1 aliphatic rings. The van der Waals surface area contributed by atoms with Crippen LogP contribution in [0.2, 0.25) is 0 Å². The molecule has 0 radical (unpaired) electrons. The first-order chi connectivity index (χ1) is 9.15. The van der Waals surface area contributed by atoms with E-state index in [1.807, 2.05) is 31.3 Å². The van der Waals surface area contributed by atoms with Crippen LogP contribution in [0.1, 0.15) is 23.2 Å². The van der Waals surface area contributed by atoms with Crippen molar-refractivity contribution in [1.82, 2.24) is 9.88 Å². The van der Waals surface area contributed by atoms with E-state index in [-0.39, 0.29) is 5.91 Å². The highest BCUT2D eigenvalue weighted by molar-refractivity contribution is 6.06. The van der Waals surface area contributed by atoms with E-state index in [2.05, 4.69) is 4.98 Å². The Morgan fingerprint density at radius 1 is 1.42 bits per heavy atom. The van der Waals surface area contributed by atoms with Crippen LogP contribution in [0.5, 0.6) is 0 Å². The SMILES string of the molecule is CN(CC1CC1)C(=O)c1cc(N)nc2ccccc12. The zero-order chi connectivity index (χ0) is 13.4. The van der Waals surface area contributed by atoms with Crippen molar-refractivity contribution in [3.05, 3.63) is 35.9 Å². The Bertz CT molecular complexity index is 634. The molecule has 0 unspecified atom stereocenters. The molecule has 0 bridgehead atoms. The first-order valence-corrected chi connectivity index (χ1v) is 6.56. The minimum atomic E-state index is 0.0252. The van der Waals surface area contributed by atoms with E-state index >= 15 is 0 Å². The molecule has 2 N–H and O–H groups in total. The van der Waals surface area contributed by atoms with E-state index in [9.17, 15) is 4.79 Å². The quantitative estimate of drug-likeness (QED) is 0.915. The van der Waals surface area contributed by atoms with Crippen LogP contribution in [-0.4, -0.2) is 29.4 Å². The van der Waals surface area contributed by atoms with Crippen LogP contribution >= 0.6 is 0 Å². The Balaban J connectivity index is 2.00. The number of nitrogens with zero attached hydrogens (tertiary/aromatic N) is 2. The predicted octanol–water partition coefficient (Wildman–Crippen LogP) is 2.30. The highest BCUT2D eigenvalue weighted by Crippen LogP contribution is 2.30. The van der Waals surface area contributed by atoms with Crippen molar-refractivity contribution in [2.75, 3.05) is 19.3 Å². The Morgan fingerprint density at radius 2 is 2.16 bits per heavy atom. The zero-order valence-corrected chi connectivity index (χ0v) is 11.0. The Labute approximate surface area is 112 Å². The fourth-order valence-electron chi connectivity index (χ4n) is 2.35. The number of fused-ring (bicyclic) bond motifs is 1. The highest BCUT2D eigenvalue weighted by Gasteiger charge is 2.26. The molecular formula is C15H17N3O. The van der Waals surface area contributed by atoms with E-state index in [1.54, 1.807) is 11.0 Å². The van der Waals surface area contributed by atoms with Gasteiger partial charge in [-0.05, 0) is 30.9 Å². The molecule has 4 nitrogen and oxygen atoms in total. The van der Waals surface area contributed by atoms with Crippen LogP contribution in [0.3, 0.4) is 0 Å². The first-order valence-electron chi connectivity index (χ1n) is 6.56. The Kier molecular flexibility index (Phi) is 2.85. The third kappa shape index (κ3) is 2.38. The van der Waals surface area contributed by atoms with Crippen LogP contribution < -0.4 is 5.73 Å². The van der Waals surface area contributed by atoms with Gasteiger partial charge in [0.05, 0.1) is 11.1 Å². The molecule has 1 aromatic carbocycles. The number of benzene rings is 1. The summed E-state index contributed by atoms with van der Waals surface area (Å²) in [5, 5.41) is 0.865. The van der Waals surface area contributed by atoms with E-state index in [0.29, 0.717) is 17.3 Å². The molecular weight excluding hydrogens is 238 g/mol. The standard InChI is InChI=1S/C15H17N3O/c1-18(9-10-6-7-10)15(19)12-8-14(16)17-13-5-3-2-4-11(12)13/h2-5,8,10H,6-7,9H2,1H3,(H2,16,17). The van der Waals surface area contributed by atoms with Crippen LogP contribution in [-0.2, 0) is 0 Å². The van der Waals surface area contributed by atoms with Crippen molar-refractivity contribution < 1.29 is 4.79 Å². The first kappa shape index (κ1) is 12.0. The summed E-state index contributed by atoms with van der Waals surface area (Å²) in [7, 11) is 1.85. The minimum absolute atomic E-state index is 0.0252. The molecule has 19 heavy (non-hydrogen) atoms. The van der Waals surface area contributed by atoms with Crippen molar-refractivity contribution in [2.24, 2.45) is 5.92 Å². The number of anilines is 1. The zero-order valence-electron chi connectivity index (χ0n) is 11.0. The van der Waals surface area contributed by atoms with Crippen molar-refractivity contribution in [3.63, 3.8) is 0 Å². The van der Waals surface area contributed by atoms with Crippen molar-refractivity contribution in [2.45, 2.75) is 12.8 Å². The second-order valence-corrected chi connectivity index (χ2v) is 5.24. The molecule has 4 heteroatoms. The smallest absolute Gasteiger partial charge is 0.254 e. The number of pyridine rings is 1. The summed E-state index contributed by atoms with van der Waals surface area (Å²) in [6, 6.07) is 9.28. The summed E-state index contributed by atoms with van der Waals surface area (Å²) in [4.78, 5) is 18.6. The lowest BCUT2D eigenvalue weighted by molar-refractivity contribution is 0.0790. The number of nitrogen functional groups attached to an aromatic ring is 1. The van der Waals surface area contributed by atoms with Gasteiger partial charge in [0.25, 0.3) is 5.91 Å². The van der Waals surface area contributed by atoms with Gasteiger partial charge in [-0.25, -0.2) is 4.98 Å². The fourth-order valence-corrected chi connectivity index (χ4v) is 2.35. The summed E-state index contributed by atoms with van der Waals surface area (Å²) >= 11 is 0. The van der Waals surface area contributed by atoms with Crippen LogP contribution in [0.4, 0.5) is 5.82 Å². The third-order valence-electron chi connectivity index (χ3n) is 3.54. The fraction of sp³-hybridized carbons (Fsp3) is 0.333. The van der Waals surface area contributed by atoms with Crippen LogP contribution in [0.15, 0.2) is 30.3 Å². The third-order valence-corrected chi connectivity index (χ3v) is 3.54. The molecule has 0 aliphatic heterocycles. The molecule has 98 valence electrons. The van der Waals surface area contributed by atoms with Gasteiger partial charge < -0.3 is 10.6 Å². The topological polar surface area (TPSA) is 59.2 Å². The summed E-state index contributed by atoms with van der Waals surface area (Å²) in [6.45, 7) is 0.829. The average Bonchev–Trinajstić information content (AvgIpc) is 3.20. The van der Waals surface area contributed by atoms with Gasteiger partial charge in [0.15, 0.2) is 0 Å². The number of rotatable bonds is 3. The summed E-state index contributed by atoms with van der Waals surface area (Å²) in [6.07, 6.45) is 2.47. The van der Waals surface area contributed by atoms with Crippen molar-refractivity contribution in [3.8, 4) is 0 Å². The van der Waals surface area contributed by atoms with Gasteiger partial charge in [0.2, 0.25) is 0 Å². The molecule has 2 aromatic rings.